The Bertz CT molecular complexity index is 1050. The summed E-state index contributed by atoms with van der Waals surface area (Å²) in [6.07, 6.45) is 1.13. The van der Waals surface area contributed by atoms with Crippen molar-refractivity contribution in [3.63, 3.8) is 0 Å². The number of phenols is 1. The van der Waals surface area contributed by atoms with Gasteiger partial charge in [-0.2, -0.15) is 5.10 Å². The minimum Gasteiger partial charge on any atom is -0.507 e. The summed E-state index contributed by atoms with van der Waals surface area (Å²) in [4.78, 5) is 23.7. The molecule has 0 aromatic heterocycles. The molecule has 2 amide bonds. The number of carbonyl (C=O) groups excluding carboxylic acids is 2. The minimum atomic E-state index is -0.542. The monoisotopic (exact) mass is 379 g/mol. The largest absolute Gasteiger partial charge is 0.507 e. The smallest absolute Gasteiger partial charge is 0.240 e. The molecule has 0 heterocycles. The topological polar surface area (TPSA) is 90.8 Å². The summed E-state index contributed by atoms with van der Waals surface area (Å²) in [6, 6.07) is 16.6. The highest BCUT2D eigenvalue weighted by Gasteiger charge is 2.09. The zero-order chi connectivity index (χ0) is 19.9. The molecule has 0 saturated heterocycles. The van der Waals surface area contributed by atoms with E-state index in [1.165, 1.54) is 24.4 Å². The van der Waals surface area contributed by atoms with Gasteiger partial charge < -0.3 is 10.4 Å². The first-order valence-corrected chi connectivity index (χ1v) is 8.61. The fourth-order valence-corrected chi connectivity index (χ4v) is 2.65. The number of anilines is 1. The van der Waals surface area contributed by atoms with Crippen LogP contribution in [0.5, 0.6) is 5.75 Å². The van der Waals surface area contributed by atoms with Crippen LogP contribution in [0.15, 0.2) is 65.8 Å². The average Bonchev–Trinajstić information content (AvgIpc) is 2.70. The van der Waals surface area contributed by atoms with Crippen LogP contribution < -0.4 is 10.7 Å². The summed E-state index contributed by atoms with van der Waals surface area (Å²) in [5.74, 6) is -1.45. The second-order valence-corrected chi connectivity index (χ2v) is 6.04. The Kier molecular flexibility index (Phi) is 5.96. The van der Waals surface area contributed by atoms with Crippen LogP contribution in [0.3, 0.4) is 0 Å². The molecule has 0 fully saturated rings. The molecule has 7 heteroatoms. The molecule has 3 aromatic rings. The van der Waals surface area contributed by atoms with E-state index >= 15 is 0 Å². The summed E-state index contributed by atoms with van der Waals surface area (Å²) in [5, 5.41) is 18.0. The van der Waals surface area contributed by atoms with Crippen molar-refractivity contribution in [3.8, 4) is 5.75 Å². The number of hydrogen-bond acceptors (Lipinski definition) is 4. The van der Waals surface area contributed by atoms with Crippen molar-refractivity contribution < 1.29 is 19.1 Å². The van der Waals surface area contributed by atoms with Gasteiger partial charge in [0.2, 0.25) is 11.8 Å². The van der Waals surface area contributed by atoms with E-state index in [9.17, 15) is 19.1 Å². The third-order valence-electron chi connectivity index (χ3n) is 4.06. The van der Waals surface area contributed by atoms with E-state index in [2.05, 4.69) is 15.8 Å². The summed E-state index contributed by atoms with van der Waals surface area (Å²) < 4.78 is 13.5. The van der Waals surface area contributed by atoms with Crippen LogP contribution in [0.2, 0.25) is 0 Å². The molecule has 28 heavy (non-hydrogen) atoms. The van der Waals surface area contributed by atoms with Gasteiger partial charge in [-0.3, -0.25) is 9.59 Å². The minimum absolute atomic E-state index is 0.0426. The van der Waals surface area contributed by atoms with Crippen LogP contribution in [0, 0.1) is 5.82 Å². The Hall–Kier alpha value is -3.74. The molecule has 142 valence electrons. The third-order valence-corrected chi connectivity index (χ3v) is 4.06. The number of para-hydroxylation sites is 1. The third kappa shape index (κ3) is 4.70. The molecule has 0 aliphatic carbocycles. The molecule has 0 spiro atoms. The number of nitrogens with zero attached hydrogens (tertiary/aromatic N) is 1. The number of rotatable bonds is 6. The van der Waals surface area contributed by atoms with Crippen molar-refractivity contribution in [3.05, 3.63) is 72.0 Å². The highest BCUT2D eigenvalue weighted by atomic mass is 19.1. The maximum absolute atomic E-state index is 13.5. The molecule has 0 radical (unpaired) electrons. The number of halogens is 1. The summed E-state index contributed by atoms with van der Waals surface area (Å²) in [7, 11) is 0. The Balaban J connectivity index is 1.54. The Morgan fingerprint density at radius 2 is 1.68 bits per heavy atom. The number of carbonyl (C=O) groups is 2. The first-order chi connectivity index (χ1) is 13.5. The lowest BCUT2D eigenvalue weighted by Crippen LogP contribution is -2.21. The van der Waals surface area contributed by atoms with Crippen molar-refractivity contribution in [2.45, 2.75) is 12.8 Å². The first-order valence-electron chi connectivity index (χ1n) is 8.61. The molecule has 3 aromatic carbocycles. The number of fused-ring (bicyclic) bond motifs is 1. The summed E-state index contributed by atoms with van der Waals surface area (Å²) >= 11 is 0. The van der Waals surface area contributed by atoms with Gasteiger partial charge in [-0.05, 0) is 29.0 Å². The molecular formula is C21H18FN3O3. The first kappa shape index (κ1) is 19.0. The number of amides is 2. The van der Waals surface area contributed by atoms with Gasteiger partial charge in [-0.25, -0.2) is 9.82 Å². The van der Waals surface area contributed by atoms with Gasteiger partial charge in [0.1, 0.15) is 11.6 Å². The van der Waals surface area contributed by atoms with Crippen LogP contribution in [0.1, 0.15) is 18.4 Å². The van der Waals surface area contributed by atoms with Crippen molar-refractivity contribution in [2.24, 2.45) is 5.10 Å². The van der Waals surface area contributed by atoms with E-state index in [1.54, 1.807) is 18.2 Å². The van der Waals surface area contributed by atoms with Crippen LogP contribution in [0.4, 0.5) is 10.1 Å². The summed E-state index contributed by atoms with van der Waals surface area (Å²) in [5.41, 5.74) is 2.87. The van der Waals surface area contributed by atoms with E-state index in [4.69, 9.17) is 0 Å². The predicted molar refractivity (Wildman–Crippen MR) is 106 cm³/mol. The lowest BCUT2D eigenvalue weighted by Gasteiger charge is -2.06. The van der Waals surface area contributed by atoms with Gasteiger partial charge in [0.05, 0.1) is 11.9 Å². The summed E-state index contributed by atoms with van der Waals surface area (Å²) in [6.45, 7) is 0. The molecule has 0 unspecified atom stereocenters. The number of benzene rings is 3. The van der Waals surface area contributed by atoms with Crippen LogP contribution in [-0.4, -0.2) is 23.1 Å². The Morgan fingerprint density at radius 3 is 2.50 bits per heavy atom. The lowest BCUT2D eigenvalue weighted by molar-refractivity contribution is -0.124. The van der Waals surface area contributed by atoms with E-state index in [1.807, 2.05) is 24.3 Å². The zero-order valence-electron chi connectivity index (χ0n) is 14.9. The van der Waals surface area contributed by atoms with Crippen molar-refractivity contribution in [1.29, 1.82) is 0 Å². The number of aromatic hydroxyl groups is 1. The van der Waals surface area contributed by atoms with Gasteiger partial charge in [-0.1, -0.05) is 42.5 Å². The Labute approximate surface area is 160 Å². The van der Waals surface area contributed by atoms with Crippen molar-refractivity contribution in [1.82, 2.24) is 5.43 Å². The number of phenolic OH excluding ortho intramolecular Hbond substituents is 1. The normalized spacial score (nSPS) is 10.9. The van der Waals surface area contributed by atoms with Gasteiger partial charge >= 0.3 is 0 Å². The van der Waals surface area contributed by atoms with Gasteiger partial charge in [0.25, 0.3) is 0 Å². The molecule has 6 nitrogen and oxygen atoms in total. The van der Waals surface area contributed by atoms with E-state index in [-0.39, 0.29) is 24.3 Å². The highest BCUT2D eigenvalue weighted by molar-refractivity contribution is 6.02. The highest BCUT2D eigenvalue weighted by Crippen LogP contribution is 2.25. The van der Waals surface area contributed by atoms with Crippen molar-refractivity contribution >= 4 is 34.5 Å². The van der Waals surface area contributed by atoms with Crippen LogP contribution >= 0.6 is 0 Å². The SMILES string of the molecule is O=C(CCC(=O)Nc1ccccc1F)NN=Cc1c(O)ccc2ccccc12. The van der Waals surface area contributed by atoms with E-state index in [0.717, 1.165) is 10.8 Å². The predicted octanol–water partition coefficient (Wildman–Crippen LogP) is 3.55. The maximum Gasteiger partial charge on any atom is 0.240 e. The van der Waals surface area contributed by atoms with E-state index < -0.39 is 17.6 Å². The standard InChI is InChI=1S/C21H18FN3O3/c22-17-7-3-4-8-18(17)24-20(27)11-12-21(28)25-23-13-16-15-6-2-1-5-14(15)9-10-19(16)26/h1-10,13,26H,11-12H2,(H,24,27)(H,25,28). The lowest BCUT2D eigenvalue weighted by atomic mass is 10.0. The molecule has 0 atom stereocenters. The second kappa shape index (κ2) is 8.77. The molecule has 3 N–H and O–H groups in total. The molecule has 0 aliphatic heterocycles. The van der Waals surface area contributed by atoms with Gasteiger partial charge in [-0.15, -0.1) is 0 Å². The maximum atomic E-state index is 13.5. The molecule has 0 aliphatic rings. The van der Waals surface area contributed by atoms with Crippen LogP contribution in [0.25, 0.3) is 10.8 Å². The van der Waals surface area contributed by atoms with Crippen molar-refractivity contribution in [2.75, 3.05) is 5.32 Å². The molecule has 0 bridgehead atoms. The Morgan fingerprint density at radius 1 is 0.964 bits per heavy atom. The fourth-order valence-electron chi connectivity index (χ4n) is 2.65. The van der Waals surface area contributed by atoms with Gasteiger partial charge in [0.15, 0.2) is 0 Å². The quantitative estimate of drug-likeness (QED) is 0.452. The zero-order valence-corrected chi connectivity index (χ0v) is 14.9. The fraction of sp³-hybridized carbons (Fsp3) is 0.0952. The average molecular weight is 379 g/mol. The van der Waals surface area contributed by atoms with E-state index in [0.29, 0.717) is 5.56 Å². The van der Waals surface area contributed by atoms with Crippen LogP contribution in [-0.2, 0) is 9.59 Å². The second-order valence-electron chi connectivity index (χ2n) is 6.04. The van der Waals surface area contributed by atoms with Gasteiger partial charge in [0, 0.05) is 18.4 Å². The molecule has 0 saturated carbocycles. The molecule has 3 rings (SSSR count). The number of hydrogen-bond donors (Lipinski definition) is 3. The number of hydrazone groups is 1. The molecular weight excluding hydrogens is 361 g/mol. The number of nitrogens with one attached hydrogen (secondary N) is 2.